The lowest BCUT2D eigenvalue weighted by Crippen LogP contribution is -2.49. The molecule has 0 radical (unpaired) electrons. The number of rotatable bonds is 4. The maximum absolute atomic E-state index is 11.9. The summed E-state index contributed by atoms with van der Waals surface area (Å²) in [6.45, 7) is 3.92. The van der Waals surface area contributed by atoms with E-state index in [-0.39, 0.29) is 19.5 Å². The topological polar surface area (TPSA) is 99.1 Å². The molecule has 0 aromatic heterocycles. The summed E-state index contributed by atoms with van der Waals surface area (Å²) in [5, 5.41) is 21.0. The van der Waals surface area contributed by atoms with Crippen LogP contribution in [0.1, 0.15) is 20.3 Å². The van der Waals surface area contributed by atoms with Gasteiger partial charge in [0, 0.05) is 26.6 Å². The summed E-state index contributed by atoms with van der Waals surface area (Å²) in [6, 6.07) is -1.46. The molecule has 7 nitrogen and oxygen atoms in total. The van der Waals surface area contributed by atoms with Crippen molar-refractivity contribution in [3.8, 4) is 0 Å². The maximum atomic E-state index is 11.9. The second-order valence-corrected chi connectivity index (χ2v) is 5.02. The zero-order chi connectivity index (χ0) is 13.9. The maximum Gasteiger partial charge on any atom is 0.326 e. The number of aliphatic hydroxyl groups excluding tert-OH is 1. The number of β-amino-alcohol motifs (C(OH)–C–C–N with tert-alkyl or cyclic N) is 1. The second-order valence-electron chi connectivity index (χ2n) is 5.02. The molecule has 0 aromatic rings. The first-order chi connectivity index (χ1) is 8.26. The fourth-order valence-electron chi connectivity index (χ4n) is 1.73. The van der Waals surface area contributed by atoms with Crippen molar-refractivity contribution >= 4 is 12.0 Å². The summed E-state index contributed by atoms with van der Waals surface area (Å²) >= 11 is 0. The van der Waals surface area contributed by atoms with E-state index in [1.165, 1.54) is 7.11 Å². The highest BCUT2D eigenvalue weighted by atomic mass is 16.5. The van der Waals surface area contributed by atoms with E-state index in [1.807, 2.05) is 0 Å². The molecule has 2 atom stereocenters. The number of ether oxygens (including phenoxy) is 1. The number of hydrogen-bond acceptors (Lipinski definition) is 4. The van der Waals surface area contributed by atoms with Crippen molar-refractivity contribution in [3.63, 3.8) is 0 Å². The number of carbonyl (C=O) groups excluding carboxylic acids is 1. The standard InChI is InChI=1S/C11H20N2O5/c1-11(2,18-3)6-12-10(17)13-5-7(14)4-8(13)9(15)16/h7-8,14H,4-6H2,1-3H3,(H,12,17)(H,15,16)/t7-,8-/m1/s1. The van der Waals surface area contributed by atoms with Gasteiger partial charge in [0.05, 0.1) is 11.7 Å². The van der Waals surface area contributed by atoms with Crippen LogP contribution in [-0.4, -0.2) is 65.1 Å². The molecule has 7 heteroatoms. The smallest absolute Gasteiger partial charge is 0.326 e. The minimum Gasteiger partial charge on any atom is -0.480 e. The molecular formula is C11H20N2O5. The number of nitrogens with zero attached hydrogens (tertiary/aromatic N) is 1. The molecule has 1 heterocycles. The van der Waals surface area contributed by atoms with Crippen molar-refractivity contribution in [3.05, 3.63) is 0 Å². The number of carboxylic acids is 1. The SMILES string of the molecule is COC(C)(C)CNC(=O)N1C[C@H](O)C[C@@H]1C(=O)O. The van der Waals surface area contributed by atoms with Gasteiger partial charge in [0.2, 0.25) is 0 Å². The van der Waals surface area contributed by atoms with E-state index in [4.69, 9.17) is 9.84 Å². The zero-order valence-electron chi connectivity index (χ0n) is 10.8. The summed E-state index contributed by atoms with van der Waals surface area (Å²) in [5.41, 5.74) is -0.521. The van der Waals surface area contributed by atoms with E-state index in [0.717, 1.165) is 4.90 Å². The van der Waals surface area contributed by atoms with Crippen LogP contribution in [-0.2, 0) is 9.53 Å². The summed E-state index contributed by atoms with van der Waals surface area (Å²) in [7, 11) is 1.53. The number of aliphatic carboxylic acids is 1. The van der Waals surface area contributed by atoms with Crippen LogP contribution in [0.4, 0.5) is 4.79 Å². The zero-order valence-corrected chi connectivity index (χ0v) is 10.8. The van der Waals surface area contributed by atoms with Crippen molar-refractivity contribution in [1.82, 2.24) is 10.2 Å². The van der Waals surface area contributed by atoms with Crippen LogP contribution in [0.15, 0.2) is 0 Å². The molecular weight excluding hydrogens is 240 g/mol. The molecule has 1 saturated heterocycles. The first-order valence-electron chi connectivity index (χ1n) is 5.77. The van der Waals surface area contributed by atoms with E-state index in [0.29, 0.717) is 0 Å². The van der Waals surface area contributed by atoms with E-state index < -0.39 is 29.7 Å². The molecule has 2 amide bonds. The fraction of sp³-hybridized carbons (Fsp3) is 0.818. The lowest BCUT2D eigenvalue weighted by molar-refractivity contribution is -0.141. The average molecular weight is 260 g/mol. The molecule has 0 aliphatic carbocycles. The Labute approximate surface area is 106 Å². The van der Waals surface area contributed by atoms with E-state index in [1.54, 1.807) is 13.8 Å². The molecule has 0 aromatic carbocycles. The third-order valence-corrected chi connectivity index (χ3v) is 3.04. The fourth-order valence-corrected chi connectivity index (χ4v) is 1.73. The normalized spacial score (nSPS) is 24.1. The van der Waals surface area contributed by atoms with Gasteiger partial charge in [-0.3, -0.25) is 0 Å². The van der Waals surface area contributed by atoms with Gasteiger partial charge in [-0.15, -0.1) is 0 Å². The van der Waals surface area contributed by atoms with Crippen molar-refractivity contribution < 1.29 is 24.5 Å². The van der Waals surface area contributed by atoms with E-state index in [9.17, 15) is 14.7 Å². The van der Waals surface area contributed by atoms with E-state index in [2.05, 4.69) is 5.32 Å². The number of nitrogens with one attached hydrogen (secondary N) is 1. The lowest BCUT2D eigenvalue weighted by atomic mass is 10.1. The van der Waals surface area contributed by atoms with E-state index >= 15 is 0 Å². The van der Waals surface area contributed by atoms with Gasteiger partial charge in [-0.05, 0) is 13.8 Å². The Morgan fingerprint density at radius 1 is 1.50 bits per heavy atom. The van der Waals surface area contributed by atoms with Gasteiger partial charge in [-0.25, -0.2) is 9.59 Å². The Bertz CT molecular complexity index is 331. The van der Waals surface area contributed by atoms with Crippen LogP contribution < -0.4 is 5.32 Å². The number of hydrogen-bond donors (Lipinski definition) is 3. The molecule has 18 heavy (non-hydrogen) atoms. The molecule has 1 rings (SSSR count). The summed E-state index contributed by atoms with van der Waals surface area (Å²) in [6.07, 6.45) is -0.719. The monoisotopic (exact) mass is 260 g/mol. The summed E-state index contributed by atoms with van der Waals surface area (Å²) in [4.78, 5) is 24.0. The van der Waals surface area contributed by atoms with Gasteiger partial charge in [0.25, 0.3) is 0 Å². The number of urea groups is 1. The number of aliphatic hydroxyl groups is 1. The van der Waals surface area contributed by atoms with Crippen LogP contribution >= 0.6 is 0 Å². The first-order valence-corrected chi connectivity index (χ1v) is 5.77. The molecule has 0 saturated carbocycles. The van der Waals surface area contributed by atoms with Gasteiger partial charge in [0.15, 0.2) is 0 Å². The van der Waals surface area contributed by atoms with Crippen LogP contribution in [0.5, 0.6) is 0 Å². The van der Waals surface area contributed by atoms with Gasteiger partial charge in [-0.1, -0.05) is 0 Å². The molecule has 1 fully saturated rings. The lowest BCUT2D eigenvalue weighted by Gasteiger charge is -2.26. The van der Waals surface area contributed by atoms with Crippen LogP contribution in [0.3, 0.4) is 0 Å². The number of carboxylic acid groups (broad SMARTS) is 1. The Balaban J connectivity index is 2.58. The van der Waals surface area contributed by atoms with Crippen molar-refractivity contribution in [2.24, 2.45) is 0 Å². The predicted molar refractivity (Wildman–Crippen MR) is 63.2 cm³/mol. The number of carbonyl (C=O) groups is 2. The third-order valence-electron chi connectivity index (χ3n) is 3.04. The van der Waals surface area contributed by atoms with Crippen LogP contribution in [0.25, 0.3) is 0 Å². The Morgan fingerprint density at radius 3 is 2.61 bits per heavy atom. The molecule has 104 valence electrons. The molecule has 0 spiro atoms. The number of methoxy groups -OCH3 is 1. The number of amides is 2. The van der Waals surface area contributed by atoms with Gasteiger partial charge in [-0.2, -0.15) is 0 Å². The molecule has 3 N–H and O–H groups in total. The number of likely N-dealkylation sites (tertiary alicyclic amines) is 1. The van der Waals surface area contributed by atoms with Crippen molar-refractivity contribution in [2.45, 2.75) is 38.0 Å². The Morgan fingerprint density at radius 2 is 2.11 bits per heavy atom. The summed E-state index contributed by atoms with van der Waals surface area (Å²) < 4.78 is 5.15. The van der Waals surface area contributed by atoms with Gasteiger partial charge >= 0.3 is 12.0 Å². The third kappa shape index (κ3) is 3.58. The summed E-state index contributed by atoms with van der Waals surface area (Å²) in [5.74, 6) is -1.10. The first kappa shape index (κ1) is 14.7. The highest BCUT2D eigenvalue weighted by Crippen LogP contribution is 2.18. The largest absolute Gasteiger partial charge is 0.480 e. The van der Waals surface area contributed by atoms with Gasteiger partial charge in [0.1, 0.15) is 6.04 Å². The van der Waals surface area contributed by atoms with Crippen molar-refractivity contribution in [2.75, 3.05) is 20.2 Å². The minimum absolute atomic E-state index is 0.0379. The predicted octanol–water partition coefficient (Wildman–Crippen LogP) is -0.359. The Kier molecular flexibility index (Phi) is 4.53. The average Bonchev–Trinajstić information content (AvgIpc) is 2.68. The van der Waals surface area contributed by atoms with Crippen LogP contribution in [0, 0.1) is 0 Å². The highest BCUT2D eigenvalue weighted by molar-refractivity contribution is 5.83. The highest BCUT2D eigenvalue weighted by Gasteiger charge is 2.39. The van der Waals surface area contributed by atoms with Crippen molar-refractivity contribution in [1.29, 1.82) is 0 Å². The molecule has 1 aliphatic rings. The van der Waals surface area contributed by atoms with Crippen LogP contribution in [0.2, 0.25) is 0 Å². The molecule has 1 aliphatic heterocycles. The molecule has 0 unspecified atom stereocenters. The van der Waals surface area contributed by atoms with Gasteiger partial charge < -0.3 is 25.2 Å². The molecule has 0 bridgehead atoms. The second kappa shape index (κ2) is 5.53. The minimum atomic E-state index is -1.10. The quantitative estimate of drug-likeness (QED) is 0.641. The Hall–Kier alpha value is -1.34.